The molecule has 15 heteroatoms. The van der Waals surface area contributed by atoms with E-state index < -0.39 is 6.03 Å². The van der Waals surface area contributed by atoms with Gasteiger partial charge in [0.1, 0.15) is 23.0 Å². The molecule has 1 aliphatic heterocycles. The number of halogens is 1. The van der Waals surface area contributed by atoms with Gasteiger partial charge in [-0.25, -0.2) is 4.79 Å². The van der Waals surface area contributed by atoms with E-state index in [-0.39, 0.29) is 17.4 Å². The fourth-order valence-corrected chi connectivity index (χ4v) is 5.20. The molecular weight excluding hydrogens is 604 g/mol. The number of fused-ring (bicyclic) bond motifs is 1. The minimum absolute atomic E-state index is 0.159. The Bertz CT molecular complexity index is 1800. The summed E-state index contributed by atoms with van der Waals surface area (Å²) < 4.78 is 22.9. The summed E-state index contributed by atoms with van der Waals surface area (Å²) in [7, 11) is 1.57. The fourth-order valence-electron chi connectivity index (χ4n) is 4.99. The zero-order valence-corrected chi connectivity index (χ0v) is 25.4. The second kappa shape index (κ2) is 13.5. The number of aryl methyl sites for hydroxylation is 1. The number of aromatic nitrogens is 4. The van der Waals surface area contributed by atoms with E-state index in [0.29, 0.717) is 70.0 Å². The zero-order valence-electron chi connectivity index (χ0n) is 24.6. The number of carbonyl (C=O) groups is 1. The number of rotatable bonds is 10. The Morgan fingerprint density at radius 1 is 1.04 bits per heavy atom. The average Bonchev–Trinajstić information content (AvgIpc) is 3.67. The molecule has 0 aliphatic carbocycles. The van der Waals surface area contributed by atoms with Crippen LogP contribution in [0.1, 0.15) is 11.7 Å². The van der Waals surface area contributed by atoms with Crippen LogP contribution in [0.3, 0.4) is 0 Å². The van der Waals surface area contributed by atoms with Crippen molar-refractivity contribution in [1.82, 2.24) is 30.1 Å². The second-order valence-electron chi connectivity index (χ2n) is 10.4. The number of hydrogen-bond donors (Lipinski definition) is 3. The number of anilines is 2. The number of carbonyl (C=O) groups excluding carboxylic acids is 1. The summed E-state index contributed by atoms with van der Waals surface area (Å²) in [4.78, 5) is 21.3. The van der Waals surface area contributed by atoms with Crippen molar-refractivity contribution in [3.8, 4) is 28.7 Å². The molecule has 1 saturated heterocycles. The number of hydrogen-bond acceptors (Lipinski definition) is 12. The SMILES string of the molecule is COc1cc2nccc(Oc3ccc(NC(=O)Nc4cc(C)on4)c(Cl)c3)c2cc1-c1nnc(CN2CCN(CCO)CC2)o1. The number of amides is 2. The molecule has 0 unspecified atom stereocenters. The number of urea groups is 1. The van der Waals surface area contributed by atoms with Crippen molar-refractivity contribution in [1.29, 1.82) is 0 Å². The molecule has 3 N–H and O–H groups in total. The number of β-amino-alcohol motifs (C(OH)–C–C–N with tert-alkyl or cyclic N) is 1. The van der Waals surface area contributed by atoms with Gasteiger partial charge in [-0.1, -0.05) is 16.8 Å². The lowest BCUT2D eigenvalue weighted by Gasteiger charge is -2.33. The molecule has 45 heavy (non-hydrogen) atoms. The summed E-state index contributed by atoms with van der Waals surface area (Å²) in [6.45, 7) is 6.53. The van der Waals surface area contributed by atoms with Crippen LogP contribution in [-0.2, 0) is 6.54 Å². The third-order valence-corrected chi connectivity index (χ3v) is 7.56. The molecule has 0 spiro atoms. The first-order valence-corrected chi connectivity index (χ1v) is 14.6. The first kappa shape index (κ1) is 30.3. The largest absolute Gasteiger partial charge is 0.496 e. The normalized spacial score (nSPS) is 14.0. The van der Waals surface area contributed by atoms with Gasteiger partial charge in [-0.15, -0.1) is 10.2 Å². The maximum atomic E-state index is 12.4. The molecule has 6 rings (SSSR count). The van der Waals surface area contributed by atoms with Crippen molar-refractivity contribution in [2.24, 2.45) is 0 Å². The van der Waals surface area contributed by atoms with Crippen molar-refractivity contribution in [3.63, 3.8) is 0 Å². The highest BCUT2D eigenvalue weighted by Crippen LogP contribution is 2.38. The molecule has 2 amide bonds. The summed E-state index contributed by atoms with van der Waals surface area (Å²) in [5, 5.41) is 27.7. The molecule has 1 fully saturated rings. The molecule has 234 valence electrons. The number of ether oxygens (including phenoxy) is 2. The van der Waals surface area contributed by atoms with Gasteiger partial charge in [0.15, 0.2) is 5.82 Å². The van der Waals surface area contributed by atoms with Crippen LogP contribution >= 0.6 is 11.6 Å². The third-order valence-electron chi connectivity index (χ3n) is 7.25. The summed E-state index contributed by atoms with van der Waals surface area (Å²) in [5.41, 5.74) is 1.62. The Kier molecular flexibility index (Phi) is 9.07. The van der Waals surface area contributed by atoms with E-state index in [1.54, 1.807) is 56.6 Å². The second-order valence-corrected chi connectivity index (χ2v) is 10.8. The highest BCUT2D eigenvalue weighted by atomic mass is 35.5. The number of benzene rings is 2. The lowest BCUT2D eigenvalue weighted by molar-refractivity contribution is 0.103. The monoisotopic (exact) mass is 634 g/mol. The van der Waals surface area contributed by atoms with Gasteiger partial charge in [0.05, 0.1) is 42.1 Å². The van der Waals surface area contributed by atoms with Crippen molar-refractivity contribution in [3.05, 3.63) is 65.3 Å². The molecule has 2 aromatic carbocycles. The smallest absolute Gasteiger partial charge is 0.324 e. The molecule has 14 nitrogen and oxygen atoms in total. The van der Waals surface area contributed by atoms with Gasteiger partial charge in [0, 0.05) is 62.5 Å². The van der Waals surface area contributed by atoms with E-state index in [1.165, 1.54) is 0 Å². The van der Waals surface area contributed by atoms with Crippen LogP contribution in [0, 0.1) is 6.92 Å². The van der Waals surface area contributed by atoms with E-state index in [1.807, 2.05) is 6.07 Å². The molecule has 0 bridgehead atoms. The van der Waals surface area contributed by atoms with Crippen LogP contribution in [0.25, 0.3) is 22.4 Å². The number of piperazine rings is 1. The van der Waals surface area contributed by atoms with Gasteiger partial charge in [-0.2, -0.15) is 0 Å². The summed E-state index contributed by atoms with van der Waals surface area (Å²) >= 11 is 6.47. The highest BCUT2D eigenvalue weighted by molar-refractivity contribution is 6.34. The van der Waals surface area contributed by atoms with Crippen LogP contribution < -0.4 is 20.1 Å². The fraction of sp³-hybridized carbons (Fsp3) is 0.300. The Morgan fingerprint density at radius 2 is 1.87 bits per heavy atom. The predicted octanol–water partition coefficient (Wildman–Crippen LogP) is 4.79. The van der Waals surface area contributed by atoms with Crippen LogP contribution in [0.5, 0.6) is 17.2 Å². The molecule has 1 aliphatic rings. The minimum atomic E-state index is -0.523. The van der Waals surface area contributed by atoms with Gasteiger partial charge >= 0.3 is 6.03 Å². The van der Waals surface area contributed by atoms with Gasteiger partial charge in [-0.3, -0.25) is 20.1 Å². The minimum Gasteiger partial charge on any atom is -0.496 e. The maximum Gasteiger partial charge on any atom is 0.324 e. The summed E-state index contributed by atoms with van der Waals surface area (Å²) in [6, 6.07) is 11.4. The number of aliphatic hydroxyl groups excluding tert-OH is 1. The maximum absolute atomic E-state index is 12.4. The first-order valence-electron chi connectivity index (χ1n) is 14.2. The standard InChI is InChI=1S/C30H31ClN8O6/c1-18-13-27(37-45-18)34-30(41)33-23-4-3-19(14-22(23)31)43-25-5-6-32-24-16-26(42-2)21(15-20(24)25)29-36-35-28(44-29)17-39-9-7-38(8-10-39)11-12-40/h3-6,13-16,40H,7-12,17H2,1-2H3,(H2,33,34,37,41). The topological polar surface area (TPSA) is 164 Å². The Balaban J connectivity index is 1.18. The number of nitrogens with one attached hydrogen (secondary N) is 2. The van der Waals surface area contributed by atoms with Gasteiger partial charge in [-0.05, 0) is 31.2 Å². The molecule has 4 heterocycles. The quantitative estimate of drug-likeness (QED) is 0.193. The van der Waals surface area contributed by atoms with E-state index >= 15 is 0 Å². The predicted molar refractivity (Wildman–Crippen MR) is 166 cm³/mol. The number of methoxy groups -OCH3 is 1. The Morgan fingerprint density at radius 3 is 2.60 bits per heavy atom. The van der Waals surface area contributed by atoms with E-state index in [9.17, 15) is 9.90 Å². The molecule has 0 radical (unpaired) electrons. The van der Waals surface area contributed by atoms with Gasteiger partial charge in [0.25, 0.3) is 5.89 Å². The van der Waals surface area contributed by atoms with Crippen molar-refractivity contribution in [2.45, 2.75) is 13.5 Å². The average molecular weight is 635 g/mol. The molecular formula is C30H31ClN8O6. The van der Waals surface area contributed by atoms with Crippen LogP contribution in [0.15, 0.2) is 57.6 Å². The van der Waals surface area contributed by atoms with E-state index in [0.717, 1.165) is 26.2 Å². The van der Waals surface area contributed by atoms with Crippen molar-refractivity contribution < 1.29 is 28.3 Å². The molecule has 5 aromatic rings. The summed E-state index contributed by atoms with van der Waals surface area (Å²) in [6.07, 6.45) is 1.63. The summed E-state index contributed by atoms with van der Waals surface area (Å²) in [5.74, 6) is 3.15. The van der Waals surface area contributed by atoms with E-state index in [4.69, 9.17) is 30.0 Å². The molecule has 0 saturated carbocycles. The third kappa shape index (κ3) is 7.15. The van der Waals surface area contributed by atoms with Crippen LogP contribution in [0.2, 0.25) is 5.02 Å². The van der Waals surface area contributed by atoms with Crippen LogP contribution in [-0.4, -0.2) is 87.7 Å². The van der Waals surface area contributed by atoms with E-state index in [2.05, 4.69) is 40.8 Å². The zero-order chi connectivity index (χ0) is 31.3. The molecule has 0 atom stereocenters. The van der Waals surface area contributed by atoms with Crippen LogP contribution in [0.4, 0.5) is 16.3 Å². The lowest BCUT2D eigenvalue weighted by Crippen LogP contribution is -2.46. The number of nitrogens with zero attached hydrogens (tertiary/aromatic N) is 6. The van der Waals surface area contributed by atoms with Gasteiger partial charge in [0.2, 0.25) is 5.89 Å². The lowest BCUT2D eigenvalue weighted by atomic mass is 10.1. The van der Waals surface area contributed by atoms with Gasteiger partial charge < -0.3 is 28.8 Å². The Labute approximate surface area is 262 Å². The molecule has 3 aromatic heterocycles. The van der Waals surface area contributed by atoms with Crippen molar-refractivity contribution in [2.75, 3.05) is 57.1 Å². The number of pyridine rings is 1. The first-order chi connectivity index (χ1) is 21.9. The highest BCUT2D eigenvalue weighted by Gasteiger charge is 2.21. The Hall–Kier alpha value is -4.76. The number of aliphatic hydroxyl groups is 1. The van der Waals surface area contributed by atoms with Crippen molar-refractivity contribution >= 4 is 40.0 Å².